The maximum Gasteiger partial charge on any atom is 0.349 e. The second-order valence-corrected chi connectivity index (χ2v) is 4.94. The summed E-state index contributed by atoms with van der Waals surface area (Å²) in [5.41, 5.74) is 0.00771. The van der Waals surface area contributed by atoms with Gasteiger partial charge in [0.05, 0.1) is 0 Å². The molecule has 1 saturated carbocycles. The first kappa shape index (κ1) is 11.8. The van der Waals surface area contributed by atoms with Crippen LogP contribution in [0.5, 0.6) is 0 Å². The van der Waals surface area contributed by atoms with Crippen molar-refractivity contribution >= 4 is 11.8 Å². The third kappa shape index (κ3) is 1.76. The number of Topliss-reactive ketones (excluding diaryl/α,β-unsaturated/α-hetero) is 1. The Morgan fingerprint density at radius 2 is 2.18 bits per heavy atom. The van der Waals surface area contributed by atoms with Gasteiger partial charge >= 0.3 is 5.97 Å². The second kappa shape index (κ2) is 3.99. The van der Waals surface area contributed by atoms with Crippen molar-refractivity contribution < 1.29 is 14.3 Å². The second-order valence-electron chi connectivity index (χ2n) is 4.94. The van der Waals surface area contributed by atoms with Crippen molar-refractivity contribution in [2.45, 2.75) is 45.1 Å². The Morgan fingerprint density at radius 1 is 1.47 bits per heavy atom. The topological polar surface area (TPSA) is 67.2 Å². The lowest BCUT2D eigenvalue weighted by atomic mass is 9.74. The van der Waals surface area contributed by atoms with E-state index in [9.17, 15) is 9.59 Å². The fraction of sp³-hybridized carbons (Fsp3) is 0.615. The number of hydrogen-bond donors (Lipinski definition) is 0. The van der Waals surface area contributed by atoms with E-state index >= 15 is 0 Å². The normalized spacial score (nSPS) is 33.6. The molecule has 0 saturated heterocycles. The summed E-state index contributed by atoms with van der Waals surface area (Å²) in [7, 11) is 0. The van der Waals surface area contributed by atoms with Gasteiger partial charge in [-0.3, -0.25) is 4.79 Å². The smallest absolute Gasteiger partial charge is 0.349 e. The van der Waals surface area contributed by atoms with E-state index in [2.05, 4.69) is 0 Å². The molecule has 0 spiro atoms. The monoisotopic (exact) mass is 233 g/mol. The molecule has 4 heteroatoms. The number of rotatable bonds is 1. The molecule has 17 heavy (non-hydrogen) atoms. The van der Waals surface area contributed by atoms with Gasteiger partial charge in [-0.1, -0.05) is 0 Å². The minimum Gasteiger partial charge on any atom is -0.450 e. The fourth-order valence-electron chi connectivity index (χ4n) is 2.74. The summed E-state index contributed by atoms with van der Waals surface area (Å²) in [5, 5.41) is 8.91. The zero-order valence-corrected chi connectivity index (χ0v) is 10.1. The number of nitrogens with zero attached hydrogens (tertiary/aromatic N) is 1. The lowest BCUT2D eigenvalue weighted by Crippen LogP contribution is -2.39. The van der Waals surface area contributed by atoms with Gasteiger partial charge in [0, 0.05) is 18.8 Å². The number of carbonyl (C=O) groups excluding carboxylic acids is 2. The van der Waals surface area contributed by atoms with Crippen molar-refractivity contribution in [3.63, 3.8) is 0 Å². The SMILES string of the molecule is CC1=C(C#N)C(=O)O[C@]1(C)[C@@H]1CCCC(=O)C1. The van der Waals surface area contributed by atoms with Crippen molar-refractivity contribution in [3.8, 4) is 6.07 Å². The molecule has 1 fully saturated rings. The number of carbonyl (C=O) groups is 2. The third-order valence-corrected chi connectivity index (χ3v) is 4.00. The molecule has 1 aliphatic heterocycles. The molecule has 2 aliphatic rings. The van der Waals surface area contributed by atoms with E-state index in [1.165, 1.54) is 0 Å². The van der Waals surface area contributed by atoms with E-state index in [1.54, 1.807) is 6.92 Å². The van der Waals surface area contributed by atoms with Crippen LogP contribution in [0.1, 0.15) is 39.5 Å². The minimum absolute atomic E-state index is 0.0125. The zero-order valence-electron chi connectivity index (χ0n) is 10.1. The first-order valence-corrected chi connectivity index (χ1v) is 5.85. The van der Waals surface area contributed by atoms with Gasteiger partial charge in [-0.05, 0) is 32.3 Å². The average Bonchev–Trinajstić information content (AvgIpc) is 2.51. The van der Waals surface area contributed by atoms with Crippen LogP contribution in [-0.4, -0.2) is 17.4 Å². The summed E-state index contributed by atoms with van der Waals surface area (Å²) in [5.74, 6) is -0.319. The summed E-state index contributed by atoms with van der Waals surface area (Å²) in [6, 6.07) is 1.89. The predicted molar refractivity (Wildman–Crippen MR) is 59.8 cm³/mol. The van der Waals surface area contributed by atoms with Crippen LogP contribution in [-0.2, 0) is 14.3 Å². The highest BCUT2D eigenvalue weighted by Gasteiger charge is 2.48. The summed E-state index contributed by atoms with van der Waals surface area (Å²) < 4.78 is 5.36. The van der Waals surface area contributed by atoms with Crippen LogP contribution in [0.25, 0.3) is 0 Å². The van der Waals surface area contributed by atoms with Crippen molar-refractivity contribution in [1.29, 1.82) is 5.26 Å². The van der Waals surface area contributed by atoms with E-state index < -0.39 is 11.6 Å². The summed E-state index contributed by atoms with van der Waals surface area (Å²) >= 11 is 0. The summed E-state index contributed by atoms with van der Waals surface area (Å²) in [4.78, 5) is 23.1. The fourth-order valence-corrected chi connectivity index (χ4v) is 2.74. The number of cyclic esters (lactones) is 1. The highest BCUT2D eigenvalue weighted by Crippen LogP contribution is 2.43. The number of hydrogen-bond acceptors (Lipinski definition) is 4. The number of esters is 1. The Kier molecular flexibility index (Phi) is 2.78. The Morgan fingerprint density at radius 3 is 2.71 bits per heavy atom. The van der Waals surface area contributed by atoms with E-state index in [1.807, 2.05) is 13.0 Å². The van der Waals surface area contributed by atoms with Crippen LogP contribution in [0.2, 0.25) is 0 Å². The molecule has 0 unspecified atom stereocenters. The van der Waals surface area contributed by atoms with Crippen LogP contribution in [0.3, 0.4) is 0 Å². The molecule has 1 aliphatic carbocycles. The molecule has 0 radical (unpaired) electrons. The largest absolute Gasteiger partial charge is 0.450 e. The van der Waals surface area contributed by atoms with Gasteiger partial charge in [0.25, 0.3) is 0 Å². The average molecular weight is 233 g/mol. The van der Waals surface area contributed by atoms with E-state index in [4.69, 9.17) is 10.00 Å². The highest BCUT2D eigenvalue weighted by atomic mass is 16.6. The van der Waals surface area contributed by atoms with Crippen LogP contribution in [0, 0.1) is 17.2 Å². The molecular weight excluding hydrogens is 218 g/mol. The number of ether oxygens (including phenoxy) is 1. The third-order valence-electron chi connectivity index (χ3n) is 4.00. The summed E-state index contributed by atoms with van der Waals surface area (Å²) in [6.45, 7) is 3.57. The Hall–Kier alpha value is -1.63. The van der Waals surface area contributed by atoms with Crippen LogP contribution < -0.4 is 0 Å². The highest BCUT2D eigenvalue weighted by molar-refractivity contribution is 5.97. The number of nitriles is 1. The van der Waals surface area contributed by atoms with E-state index in [0.717, 1.165) is 12.8 Å². The van der Waals surface area contributed by atoms with Gasteiger partial charge in [0.2, 0.25) is 0 Å². The lowest BCUT2D eigenvalue weighted by molar-refractivity contribution is -0.151. The molecule has 0 N–H and O–H groups in total. The molecule has 2 atom stereocenters. The quantitative estimate of drug-likeness (QED) is 0.649. The van der Waals surface area contributed by atoms with Crippen molar-refractivity contribution in [3.05, 3.63) is 11.1 Å². The van der Waals surface area contributed by atoms with Crippen molar-refractivity contribution in [2.75, 3.05) is 0 Å². The maximum atomic E-state index is 11.6. The molecule has 90 valence electrons. The van der Waals surface area contributed by atoms with Crippen LogP contribution >= 0.6 is 0 Å². The molecule has 0 amide bonds. The van der Waals surface area contributed by atoms with Crippen molar-refractivity contribution in [1.82, 2.24) is 0 Å². The van der Waals surface area contributed by atoms with Gasteiger partial charge in [0.1, 0.15) is 23.0 Å². The maximum absolute atomic E-state index is 11.6. The molecule has 0 bridgehead atoms. The molecule has 2 rings (SSSR count). The predicted octanol–water partition coefficient (Wildman–Crippen LogP) is 1.90. The molecule has 1 heterocycles. The Labute approximate surface area is 100 Å². The first-order valence-electron chi connectivity index (χ1n) is 5.85. The van der Waals surface area contributed by atoms with Gasteiger partial charge in [0.15, 0.2) is 0 Å². The molecule has 0 aromatic rings. The molecular formula is C13H15NO3. The minimum atomic E-state index is -0.766. The van der Waals surface area contributed by atoms with E-state index in [-0.39, 0.29) is 17.3 Å². The summed E-state index contributed by atoms with van der Waals surface area (Å²) in [6.07, 6.45) is 2.77. The Balaban J connectivity index is 2.32. The lowest BCUT2D eigenvalue weighted by Gasteiger charge is -2.36. The zero-order chi connectivity index (χ0) is 12.6. The van der Waals surface area contributed by atoms with E-state index in [0.29, 0.717) is 18.4 Å². The van der Waals surface area contributed by atoms with Gasteiger partial charge in [-0.2, -0.15) is 5.26 Å². The van der Waals surface area contributed by atoms with Gasteiger partial charge < -0.3 is 4.74 Å². The van der Waals surface area contributed by atoms with Crippen LogP contribution in [0.15, 0.2) is 11.1 Å². The molecule has 4 nitrogen and oxygen atoms in total. The van der Waals surface area contributed by atoms with Crippen LogP contribution in [0.4, 0.5) is 0 Å². The first-order chi connectivity index (χ1) is 7.99. The van der Waals surface area contributed by atoms with Gasteiger partial charge in [-0.25, -0.2) is 4.79 Å². The van der Waals surface area contributed by atoms with Crippen molar-refractivity contribution in [2.24, 2.45) is 5.92 Å². The Bertz CT molecular complexity index is 458. The molecule has 0 aromatic carbocycles. The molecule has 0 aromatic heterocycles. The standard InChI is InChI=1S/C13H15NO3/c1-8-11(7-14)12(16)17-13(8,2)9-4-3-5-10(15)6-9/h9H,3-6H2,1-2H3/t9-,13+/m1/s1. The van der Waals surface area contributed by atoms with Gasteiger partial charge in [-0.15, -0.1) is 0 Å². The number of ketones is 1.